The molecule has 3 nitrogen and oxygen atoms in total. The molecule has 1 aromatic heterocycles. The molecule has 0 unspecified atom stereocenters. The van der Waals surface area contributed by atoms with E-state index in [0.29, 0.717) is 10.9 Å². The molecular weight excluding hydrogens is 499 g/mol. The van der Waals surface area contributed by atoms with Crippen LogP contribution in [0.2, 0.25) is 0 Å². The van der Waals surface area contributed by atoms with Crippen molar-refractivity contribution in [2.24, 2.45) is 0 Å². The minimum atomic E-state index is -0.905. The Morgan fingerprint density at radius 2 is 1.31 bits per heavy atom. The third-order valence-electron chi connectivity index (χ3n) is 3.73. The summed E-state index contributed by atoms with van der Waals surface area (Å²) in [4.78, 5) is 12.1. The lowest BCUT2D eigenvalue weighted by Gasteiger charge is -2.17. The molecule has 0 fully saturated rings. The zero-order valence-corrected chi connectivity index (χ0v) is 17.6. The number of fused-ring (bicyclic) bond motifs is 1. The Labute approximate surface area is 182 Å². The summed E-state index contributed by atoms with van der Waals surface area (Å²) in [6, 6.07) is 5.01. The zero-order valence-electron chi connectivity index (χ0n) is 13.5. The van der Waals surface area contributed by atoms with E-state index >= 15 is 0 Å². The average molecular weight is 505 g/mol. The second-order valence-electron chi connectivity index (χ2n) is 5.28. The predicted octanol–water partition coefficient (Wildman–Crippen LogP) is 8.44. The number of aromatic amines is 1. The van der Waals surface area contributed by atoms with Crippen molar-refractivity contribution in [3.8, 4) is 0 Å². The number of H-pyrrole nitrogens is 1. The average Bonchev–Trinajstić information content (AvgIpc) is 3.15. The number of amides is 1. The largest absolute Gasteiger partial charge is 0.351 e. The lowest BCUT2D eigenvalue weighted by atomic mass is 10.2. The number of carbonyl (C=O) groups is 1. The zero-order chi connectivity index (χ0) is 21.1. The van der Waals surface area contributed by atoms with E-state index in [9.17, 15) is 28.6 Å². The summed E-state index contributed by atoms with van der Waals surface area (Å²) in [5, 5.41) is 2.56. The Morgan fingerprint density at radius 1 is 0.793 bits per heavy atom. The van der Waals surface area contributed by atoms with Gasteiger partial charge in [0.05, 0.1) is 90.9 Å². The summed E-state index contributed by atoms with van der Waals surface area (Å²) in [5.74, 6) is -1.44. The Bertz CT molecular complexity index is 1050. The van der Waals surface area contributed by atoms with Gasteiger partial charge < -0.3 is 10.3 Å². The van der Waals surface area contributed by atoms with E-state index < -0.39 is 103 Å². The van der Waals surface area contributed by atoms with Crippen molar-refractivity contribution in [2.75, 3.05) is 5.32 Å². The van der Waals surface area contributed by atoms with Crippen LogP contribution in [-0.2, 0) is 0 Å². The second kappa shape index (κ2) is 9.73. The Hall–Kier alpha value is -1.22. The van der Waals surface area contributed by atoms with Crippen LogP contribution in [0.1, 0.15) is 10.5 Å². The number of carbonyl (C=O) groups excluding carboxylic acids is 1. The Balaban J connectivity index is 2.12. The number of nitrogens with one attached hydrogen (secondary N) is 2. The molecule has 1 heterocycles. The van der Waals surface area contributed by atoms with Crippen molar-refractivity contribution in [2.45, 2.75) is 24.5 Å². The Kier molecular flexibility index (Phi) is 7.53. The summed E-state index contributed by atoms with van der Waals surface area (Å²) >= 11 is -2.84. The highest BCUT2D eigenvalue weighted by molar-refractivity contribution is 8.00. The molecule has 0 aliphatic rings. The normalized spacial score (nSPS) is 11.2. The van der Waals surface area contributed by atoms with Gasteiger partial charge in [-0.15, -0.1) is 0 Å². The predicted molar refractivity (Wildman–Crippen MR) is 107 cm³/mol. The molecule has 14 heteroatoms. The number of anilines is 1. The molecule has 154 valence electrons. The fourth-order valence-corrected chi connectivity index (χ4v) is 5.37. The topological polar surface area (TPSA) is 44.9 Å². The number of hydrogen-bond donors (Lipinski definition) is 2. The van der Waals surface area contributed by atoms with Crippen LogP contribution in [0.15, 0.2) is 48.7 Å². The molecule has 0 radical (unpaired) electrons. The van der Waals surface area contributed by atoms with Crippen molar-refractivity contribution in [3.63, 3.8) is 0 Å². The molecule has 0 saturated carbocycles. The van der Waals surface area contributed by atoms with E-state index in [0.717, 1.165) is 6.07 Å². The molecule has 0 saturated heterocycles. The third-order valence-corrected chi connectivity index (χ3v) is 7.06. The van der Waals surface area contributed by atoms with Crippen LogP contribution >= 0.6 is 60.7 Å². The van der Waals surface area contributed by atoms with E-state index in [-0.39, 0.29) is 5.69 Å². The van der Waals surface area contributed by atoms with Gasteiger partial charge in [0, 0.05) is 10.9 Å². The van der Waals surface area contributed by atoms with Gasteiger partial charge in [-0.1, -0.05) is 0 Å². The minimum absolute atomic E-state index is 0.0944. The molecule has 0 spiro atoms. The Morgan fingerprint density at radius 3 is 1.83 bits per heavy atom. The molecule has 0 aliphatic heterocycles. The van der Waals surface area contributed by atoms with Crippen molar-refractivity contribution < 1.29 is 28.6 Å². The summed E-state index contributed by atoms with van der Waals surface area (Å²) in [7, 11) is 0. The van der Waals surface area contributed by atoms with Crippen LogP contribution in [0.5, 0.6) is 0 Å². The third kappa shape index (κ3) is 4.31. The van der Waals surface area contributed by atoms with Crippen molar-refractivity contribution in [1.82, 2.24) is 4.98 Å². The first-order chi connectivity index (χ1) is 14.0. The molecule has 0 aliphatic carbocycles. The molecule has 29 heavy (non-hydrogen) atoms. The first-order valence-corrected chi connectivity index (χ1v) is 10.8. The molecule has 2 N–H and O–H groups in total. The number of halogens is 6. The van der Waals surface area contributed by atoms with Gasteiger partial charge in [-0.2, -0.15) is 19.4 Å². The van der Waals surface area contributed by atoms with Crippen LogP contribution in [0.3, 0.4) is 0 Å². The molecule has 0 atom stereocenters. The molecular formula is C15H6F6N2OS5. The summed E-state index contributed by atoms with van der Waals surface area (Å²) in [5.41, 5.74) is -0.234. The number of hydrogen-bond acceptors (Lipinski definition) is 6. The van der Waals surface area contributed by atoms with Gasteiger partial charge in [-0.05, 0) is 24.3 Å². The first kappa shape index (κ1) is 22.5. The van der Waals surface area contributed by atoms with Crippen molar-refractivity contribution in [3.05, 3.63) is 35.8 Å². The number of rotatable bonds is 7. The van der Waals surface area contributed by atoms with E-state index in [1.165, 1.54) is 18.2 Å². The van der Waals surface area contributed by atoms with Gasteiger partial charge in [-0.25, -0.2) is 4.39 Å². The maximum atomic E-state index is 13.5. The minimum Gasteiger partial charge on any atom is -0.351 e. The van der Waals surface area contributed by atoms with Crippen molar-refractivity contribution in [1.29, 1.82) is 0 Å². The van der Waals surface area contributed by atoms with Gasteiger partial charge in [0.1, 0.15) is 11.5 Å². The van der Waals surface area contributed by atoms with Crippen LogP contribution in [0, 0.1) is 5.82 Å². The smallest absolute Gasteiger partial charge is 0.272 e. The van der Waals surface area contributed by atoms with Crippen LogP contribution < -0.4 is 5.32 Å². The SMILES string of the molecule is O=C(Nc1c(SF)c(SF)c(SF)c(SF)c1SF)c1cc2cc(F)ccc2[nH]1. The van der Waals surface area contributed by atoms with E-state index in [1.54, 1.807) is 0 Å². The van der Waals surface area contributed by atoms with Gasteiger partial charge in [-0.3, -0.25) is 4.79 Å². The quantitative estimate of drug-likeness (QED) is 0.315. The summed E-state index contributed by atoms with van der Waals surface area (Å²) in [6.07, 6.45) is 0. The highest BCUT2D eigenvalue weighted by atomic mass is 32.2. The van der Waals surface area contributed by atoms with E-state index in [1.807, 2.05) is 0 Å². The molecule has 0 bridgehead atoms. The van der Waals surface area contributed by atoms with Crippen LogP contribution in [0.25, 0.3) is 10.9 Å². The number of aromatic nitrogens is 1. The van der Waals surface area contributed by atoms with Gasteiger partial charge in [0.15, 0.2) is 0 Å². The molecule has 3 aromatic rings. The van der Waals surface area contributed by atoms with Crippen molar-refractivity contribution >= 4 is 83.2 Å². The highest BCUT2D eigenvalue weighted by Crippen LogP contribution is 2.54. The maximum absolute atomic E-state index is 13.5. The highest BCUT2D eigenvalue weighted by Gasteiger charge is 2.29. The first-order valence-electron chi connectivity index (χ1n) is 7.25. The summed E-state index contributed by atoms with van der Waals surface area (Å²) < 4.78 is 80.3. The standard InChI is InChI=1S/C15H6F6N2OS5/c16-6-1-2-7-5(3-6)4-8(22-7)15(24)23-9-10(25-17)12(27-19)14(29-21)13(28-20)11(9)26-18/h1-4,22H,(H,23,24). The van der Waals surface area contributed by atoms with Gasteiger partial charge >= 0.3 is 0 Å². The second-order valence-corrected chi connectivity index (χ2v) is 8.09. The van der Waals surface area contributed by atoms with Crippen LogP contribution in [0.4, 0.5) is 29.5 Å². The molecule has 1 amide bonds. The maximum Gasteiger partial charge on any atom is 0.272 e. The lowest BCUT2D eigenvalue weighted by molar-refractivity contribution is 0.102. The van der Waals surface area contributed by atoms with E-state index in [4.69, 9.17) is 0 Å². The fourth-order valence-electron chi connectivity index (χ4n) is 2.52. The lowest BCUT2D eigenvalue weighted by Crippen LogP contribution is -2.14. The summed E-state index contributed by atoms with van der Waals surface area (Å²) in [6.45, 7) is 0. The van der Waals surface area contributed by atoms with E-state index in [2.05, 4.69) is 10.3 Å². The fraction of sp³-hybridized carbons (Fsp3) is 0. The van der Waals surface area contributed by atoms with Crippen LogP contribution in [-0.4, -0.2) is 10.9 Å². The molecule has 2 aromatic carbocycles. The van der Waals surface area contributed by atoms with Gasteiger partial charge in [0.25, 0.3) is 5.91 Å². The monoisotopic (exact) mass is 504 g/mol. The van der Waals surface area contributed by atoms with Gasteiger partial charge in [0.2, 0.25) is 0 Å². The molecule has 3 rings (SSSR count). The number of benzene rings is 2.